The van der Waals surface area contributed by atoms with Gasteiger partial charge in [-0.05, 0) is 12.5 Å². The second-order valence-corrected chi connectivity index (χ2v) is 8.33. The number of fused-ring (bicyclic) bond motifs is 2. The number of ether oxygens (including phenoxy) is 1. The van der Waals surface area contributed by atoms with Crippen LogP contribution in [-0.2, 0) is 15.5 Å². The van der Waals surface area contributed by atoms with Crippen LogP contribution in [0.5, 0.6) is 0 Å². The number of rotatable bonds is 6. The number of pyridine rings is 1. The number of halogens is 2. The molecule has 0 saturated carbocycles. The molecule has 176 valence electrons. The van der Waals surface area contributed by atoms with Gasteiger partial charge in [0, 0.05) is 44.4 Å². The van der Waals surface area contributed by atoms with E-state index in [2.05, 4.69) is 40.5 Å². The molecular formula is C22H22F2N8O2. The average molecular weight is 468 g/mol. The molecule has 2 N–H and O–H groups in total. The molecule has 34 heavy (non-hydrogen) atoms. The van der Waals surface area contributed by atoms with E-state index in [0.29, 0.717) is 29.6 Å². The number of hydrogen-bond donors (Lipinski definition) is 2. The van der Waals surface area contributed by atoms with Crippen molar-refractivity contribution in [3.05, 3.63) is 42.7 Å². The molecule has 5 heterocycles. The first-order valence-electron chi connectivity index (χ1n) is 10.7. The lowest BCUT2D eigenvalue weighted by Crippen LogP contribution is -2.37. The predicted molar refractivity (Wildman–Crippen MR) is 120 cm³/mol. The van der Waals surface area contributed by atoms with Crippen LogP contribution in [0.1, 0.15) is 26.1 Å². The Kier molecular flexibility index (Phi) is 5.52. The Morgan fingerprint density at radius 1 is 1.18 bits per heavy atom. The number of anilines is 4. The van der Waals surface area contributed by atoms with Crippen molar-refractivity contribution in [2.45, 2.75) is 38.3 Å². The molecular weight excluding hydrogens is 446 g/mol. The highest BCUT2D eigenvalue weighted by molar-refractivity contribution is 5.89. The molecule has 3 aromatic heterocycles. The number of morpholine rings is 1. The first-order valence-corrected chi connectivity index (χ1v) is 10.7. The lowest BCUT2D eigenvalue weighted by atomic mass is 10.1. The molecule has 10 nitrogen and oxygen atoms in total. The van der Waals surface area contributed by atoms with Crippen molar-refractivity contribution >= 4 is 29.0 Å². The van der Waals surface area contributed by atoms with Gasteiger partial charge < -0.3 is 20.3 Å². The van der Waals surface area contributed by atoms with E-state index < -0.39 is 11.7 Å². The minimum atomic E-state index is -3.19. The van der Waals surface area contributed by atoms with Crippen LogP contribution in [0.3, 0.4) is 0 Å². The van der Waals surface area contributed by atoms with Crippen LogP contribution in [0.4, 0.5) is 31.9 Å². The summed E-state index contributed by atoms with van der Waals surface area (Å²) in [4.78, 5) is 34.7. The van der Waals surface area contributed by atoms with E-state index in [1.165, 1.54) is 25.4 Å². The Morgan fingerprint density at radius 2 is 2.03 bits per heavy atom. The van der Waals surface area contributed by atoms with Crippen LogP contribution in [-0.4, -0.2) is 56.1 Å². The summed E-state index contributed by atoms with van der Waals surface area (Å²) in [6.45, 7) is 3.57. The van der Waals surface area contributed by atoms with E-state index in [-0.39, 0.29) is 23.6 Å². The Morgan fingerprint density at radius 3 is 2.68 bits per heavy atom. The summed E-state index contributed by atoms with van der Waals surface area (Å²) >= 11 is 0. The van der Waals surface area contributed by atoms with E-state index in [4.69, 9.17) is 4.74 Å². The maximum Gasteiger partial charge on any atom is 0.303 e. The minimum Gasteiger partial charge on any atom is -0.374 e. The summed E-state index contributed by atoms with van der Waals surface area (Å²) in [6, 6.07) is 3.36. The van der Waals surface area contributed by atoms with Gasteiger partial charge in [0.15, 0.2) is 0 Å². The molecule has 2 atom stereocenters. The molecule has 0 aromatic carbocycles. The van der Waals surface area contributed by atoms with Gasteiger partial charge in [0.2, 0.25) is 11.7 Å². The van der Waals surface area contributed by atoms with Crippen LogP contribution < -0.4 is 15.5 Å². The van der Waals surface area contributed by atoms with Crippen LogP contribution in [0.25, 0.3) is 11.3 Å². The van der Waals surface area contributed by atoms with Crippen LogP contribution in [0.2, 0.25) is 0 Å². The maximum absolute atomic E-state index is 13.7. The summed E-state index contributed by atoms with van der Waals surface area (Å²) in [7, 11) is 0. The zero-order chi connectivity index (χ0) is 23.9. The third-order valence-electron chi connectivity index (χ3n) is 5.63. The molecule has 5 rings (SSSR count). The standard InChI is InChI=1S/C22H22F2N8O2/c1-12(33)29-19-6-16(30-18-3-4-25-21(31-18)22(2,23)24)15(7-27-19)17-8-28-20(9-26-17)32-10-14-5-13(32)11-34-14/h3-4,6-9,13-14H,5,10-11H2,1-2H3,(H2,25,27,29,30,31,33)/t13-,14-/m0/s1. The number of nitrogens with one attached hydrogen (secondary N) is 2. The Hall–Kier alpha value is -3.80. The zero-order valence-corrected chi connectivity index (χ0v) is 18.5. The summed E-state index contributed by atoms with van der Waals surface area (Å²) in [5, 5.41) is 5.63. The SMILES string of the molecule is CC(=O)Nc1cc(Nc2ccnc(C(C)(F)F)n2)c(-c2cnc(N3C[C@@H]4C[C@H]3CO4)cn2)cn1. The second-order valence-electron chi connectivity index (χ2n) is 8.33. The molecule has 2 aliphatic rings. The largest absolute Gasteiger partial charge is 0.374 e. The lowest BCUT2D eigenvalue weighted by molar-refractivity contribution is -0.114. The number of aromatic nitrogens is 5. The molecule has 3 aromatic rings. The van der Waals surface area contributed by atoms with Gasteiger partial charge in [0.25, 0.3) is 0 Å². The molecule has 2 bridgehead atoms. The van der Waals surface area contributed by atoms with E-state index in [0.717, 1.165) is 25.7 Å². The van der Waals surface area contributed by atoms with E-state index >= 15 is 0 Å². The fraction of sp³-hybridized carbons (Fsp3) is 0.364. The molecule has 2 fully saturated rings. The Bertz CT molecular complexity index is 1220. The van der Waals surface area contributed by atoms with Gasteiger partial charge in [-0.2, -0.15) is 8.78 Å². The summed E-state index contributed by atoms with van der Waals surface area (Å²) in [6.07, 6.45) is 7.33. The molecule has 12 heteroatoms. The normalized spacial score (nSPS) is 19.4. The van der Waals surface area contributed by atoms with Crippen molar-refractivity contribution in [1.82, 2.24) is 24.9 Å². The van der Waals surface area contributed by atoms with Crippen molar-refractivity contribution in [2.75, 3.05) is 28.7 Å². The van der Waals surface area contributed by atoms with Gasteiger partial charge in [0.05, 0.1) is 42.5 Å². The number of alkyl halides is 2. The van der Waals surface area contributed by atoms with Crippen LogP contribution >= 0.6 is 0 Å². The third kappa shape index (κ3) is 4.49. The summed E-state index contributed by atoms with van der Waals surface area (Å²) in [5.41, 5.74) is 1.53. The monoisotopic (exact) mass is 468 g/mol. The number of amides is 1. The van der Waals surface area contributed by atoms with Gasteiger partial charge in [0.1, 0.15) is 17.5 Å². The van der Waals surface area contributed by atoms with Crippen molar-refractivity contribution < 1.29 is 18.3 Å². The zero-order valence-electron chi connectivity index (χ0n) is 18.5. The van der Waals surface area contributed by atoms with Gasteiger partial charge in [-0.3, -0.25) is 9.78 Å². The number of carbonyl (C=O) groups is 1. The predicted octanol–water partition coefficient (Wildman–Crippen LogP) is 3.12. The van der Waals surface area contributed by atoms with Crippen molar-refractivity contribution in [2.24, 2.45) is 0 Å². The van der Waals surface area contributed by atoms with E-state index in [1.54, 1.807) is 18.5 Å². The fourth-order valence-electron chi connectivity index (χ4n) is 4.08. The first kappa shape index (κ1) is 22.0. The Balaban J connectivity index is 1.46. The lowest BCUT2D eigenvalue weighted by Gasteiger charge is -2.27. The molecule has 0 aliphatic carbocycles. The molecule has 0 unspecified atom stereocenters. The Labute approximate surface area is 193 Å². The van der Waals surface area contributed by atoms with Crippen molar-refractivity contribution in [1.29, 1.82) is 0 Å². The molecule has 2 saturated heterocycles. The smallest absolute Gasteiger partial charge is 0.303 e. The quantitative estimate of drug-likeness (QED) is 0.562. The van der Waals surface area contributed by atoms with Crippen LogP contribution in [0, 0.1) is 0 Å². The van der Waals surface area contributed by atoms with Gasteiger partial charge in [-0.1, -0.05) is 0 Å². The molecule has 0 spiro atoms. The topological polar surface area (TPSA) is 118 Å². The number of hydrogen-bond acceptors (Lipinski definition) is 9. The van der Waals surface area contributed by atoms with Gasteiger partial charge >= 0.3 is 5.92 Å². The summed E-state index contributed by atoms with van der Waals surface area (Å²) in [5.74, 6) is -2.89. The van der Waals surface area contributed by atoms with Crippen molar-refractivity contribution in [3.8, 4) is 11.3 Å². The number of carbonyl (C=O) groups excluding carboxylic acids is 1. The highest BCUT2D eigenvalue weighted by atomic mass is 19.3. The first-order chi connectivity index (χ1) is 16.3. The van der Waals surface area contributed by atoms with Gasteiger partial charge in [-0.15, -0.1) is 0 Å². The van der Waals surface area contributed by atoms with Crippen molar-refractivity contribution in [3.63, 3.8) is 0 Å². The minimum absolute atomic E-state index is 0.158. The van der Waals surface area contributed by atoms with E-state index in [9.17, 15) is 13.6 Å². The number of nitrogens with zero attached hydrogens (tertiary/aromatic N) is 6. The van der Waals surface area contributed by atoms with Crippen LogP contribution in [0.15, 0.2) is 36.9 Å². The molecule has 0 radical (unpaired) electrons. The highest BCUT2D eigenvalue weighted by Gasteiger charge is 2.39. The molecule has 2 aliphatic heterocycles. The van der Waals surface area contributed by atoms with E-state index in [1.807, 2.05) is 0 Å². The summed E-state index contributed by atoms with van der Waals surface area (Å²) < 4.78 is 33.1. The van der Waals surface area contributed by atoms with Gasteiger partial charge in [-0.25, -0.2) is 19.9 Å². The fourth-order valence-corrected chi connectivity index (χ4v) is 4.08. The maximum atomic E-state index is 13.7. The molecule has 1 amide bonds. The third-order valence-corrected chi connectivity index (χ3v) is 5.63. The second kappa shape index (κ2) is 8.52. The highest BCUT2D eigenvalue weighted by Crippen LogP contribution is 2.34. The average Bonchev–Trinajstić information content (AvgIpc) is 3.43.